The number of aliphatic carboxylic acids is 1. The van der Waals surface area contributed by atoms with E-state index in [2.05, 4.69) is 4.98 Å². The lowest BCUT2D eigenvalue weighted by Crippen LogP contribution is -2.52. The number of aryl methyl sites for hydroxylation is 1. The Labute approximate surface area is 161 Å². The molecule has 2 aromatic heterocycles. The molecule has 160 valence electrons. The molecule has 1 unspecified atom stereocenters. The highest BCUT2D eigenvalue weighted by Gasteiger charge is 2.39. The molecule has 1 aliphatic heterocycles. The average Bonchev–Trinajstić information content (AvgIpc) is 2.53. The van der Waals surface area contributed by atoms with E-state index in [1.807, 2.05) is 13.0 Å². The van der Waals surface area contributed by atoms with Crippen LogP contribution in [0.25, 0.3) is 5.65 Å². The first kappa shape index (κ1) is 22.7. The maximum Gasteiger partial charge on any atom is 0.490 e. The SMILES string of the molecule is Cc1ccc2nc(CN3CC(N)CC(F)(F)C3)cc(=O)n2c1.O=C(O)C(F)(F)F. The summed E-state index contributed by atoms with van der Waals surface area (Å²) < 4.78 is 60.3. The molecule has 0 spiro atoms. The second-order valence-corrected chi connectivity index (χ2v) is 6.81. The van der Waals surface area contributed by atoms with E-state index in [0.717, 1.165) is 5.56 Å². The fourth-order valence-corrected chi connectivity index (χ4v) is 2.92. The number of carboxylic acid groups (broad SMARTS) is 1. The number of likely N-dealkylation sites (tertiary alicyclic amines) is 1. The van der Waals surface area contributed by atoms with Gasteiger partial charge in [0, 0.05) is 37.8 Å². The van der Waals surface area contributed by atoms with Crippen molar-refractivity contribution in [3.8, 4) is 0 Å². The summed E-state index contributed by atoms with van der Waals surface area (Å²) in [7, 11) is 0. The van der Waals surface area contributed by atoms with Crippen molar-refractivity contribution in [3.05, 3.63) is 46.0 Å². The first-order chi connectivity index (χ1) is 13.3. The lowest BCUT2D eigenvalue weighted by Gasteiger charge is -2.35. The minimum atomic E-state index is -5.08. The van der Waals surface area contributed by atoms with Crippen molar-refractivity contribution in [1.29, 1.82) is 0 Å². The topological polar surface area (TPSA) is 101 Å². The number of carbonyl (C=O) groups is 1. The zero-order valence-electron chi connectivity index (χ0n) is 15.3. The molecule has 1 aliphatic rings. The molecule has 7 nitrogen and oxygen atoms in total. The molecule has 1 fully saturated rings. The molecular formula is C17H19F5N4O3. The van der Waals surface area contributed by atoms with Crippen LogP contribution in [0.5, 0.6) is 0 Å². The third kappa shape index (κ3) is 6.46. The highest BCUT2D eigenvalue weighted by Crippen LogP contribution is 2.26. The molecule has 0 saturated carbocycles. The van der Waals surface area contributed by atoms with Crippen LogP contribution in [-0.4, -0.2) is 56.6 Å². The molecule has 0 aliphatic carbocycles. The van der Waals surface area contributed by atoms with Crippen LogP contribution >= 0.6 is 0 Å². The number of nitrogens with zero attached hydrogens (tertiary/aromatic N) is 3. The summed E-state index contributed by atoms with van der Waals surface area (Å²) in [5.74, 6) is -5.55. The average molecular weight is 422 g/mol. The number of rotatable bonds is 2. The molecule has 3 rings (SSSR count). The Hall–Kier alpha value is -2.60. The van der Waals surface area contributed by atoms with Crippen molar-refractivity contribution in [3.63, 3.8) is 0 Å². The molecule has 0 amide bonds. The van der Waals surface area contributed by atoms with Crippen molar-refractivity contribution in [1.82, 2.24) is 14.3 Å². The highest BCUT2D eigenvalue weighted by molar-refractivity contribution is 5.73. The van der Waals surface area contributed by atoms with Crippen molar-refractivity contribution in [2.24, 2.45) is 5.73 Å². The van der Waals surface area contributed by atoms with E-state index < -0.39 is 24.1 Å². The predicted octanol–water partition coefficient (Wildman–Crippen LogP) is 1.80. The van der Waals surface area contributed by atoms with E-state index in [0.29, 0.717) is 17.9 Å². The summed E-state index contributed by atoms with van der Waals surface area (Å²) >= 11 is 0. The number of piperidine rings is 1. The predicted molar refractivity (Wildman–Crippen MR) is 92.7 cm³/mol. The maximum atomic E-state index is 13.6. The van der Waals surface area contributed by atoms with E-state index in [1.165, 1.54) is 10.5 Å². The zero-order valence-corrected chi connectivity index (χ0v) is 15.3. The Morgan fingerprint density at radius 3 is 2.55 bits per heavy atom. The van der Waals surface area contributed by atoms with Gasteiger partial charge in [-0.2, -0.15) is 13.2 Å². The van der Waals surface area contributed by atoms with Gasteiger partial charge in [0.1, 0.15) is 5.65 Å². The number of halogens is 5. The normalized spacial score (nSPS) is 19.5. The molecule has 0 aromatic carbocycles. The number of nitrogens with two attached hydrogens (primary N) is 1. The largest absolute Gasteiger partial charge is 0.490 e. The molecule has 12 heteroatoms. The monoisotopic (exact) mass is 422 g/mol. The standard InChI is InChI=1S/C15H18F2N4O.C2HF3O2/c1-10-2-3-13-19-12(4-14(22)21(13)6-10)8-20-7-11(18)5-15(16,17)9-20;3-2(4,5)1(6)7/h2-4,6,11H,5,7-9,18H2,1H3;(H,6,7). The van der Waals surface area contributed by atoms with Gasteiger partial charge in [0.25, 0.3) is 11.5 Å². The Morgan fingerprint density at radius 2 is 2.00 bits per heavy atom. The molecule has 0 bridgehead atoms. The quantitative estimate of drug-likeness (QED) is 0.716. The van der Waals surface area contributed by atoms with Crippen molar-refractivity contribution < 1.29 is 31.9 Å². The molecular weight excluding hydrogens is 403 g/mol. The van der Waals surface area contributed by atoms with Crippen LogP contribution < -0.4 is 11.3 Å². The van der Waals surface area contributed by atoms with Gasteiger partial charge in [-0.1, -0.05) is 6.07 Å². The van der Waals surface area contributed by atoms with Gasteiger partial charge < -0.3 is 10.8 Å². The van der Waals surface area contributed by atoms with Gasteiger partial charge in [0.15, 0.2) is 0 Å². The van der Waals surface area contributed by atoms with Crippen LogP contribution in [0, 0.1) is 6.92 Å². The van der Waals surface area contributed by atoms with Gasteiger partial charge in [-0.05, 0) is 18.6 Å². The second-order valence-electron chi connectivity index (χ2n) is 6.81. The van der Waals surface area contributed by atoms with Crippen LogP contribution in [-0.2, 0) is 11.3 Å². The van der Waals surface area contributed by atoms with Gasteiger partial charge in [-0.3, -0.25) is 14.1 Å². The molecule has 1 saturated heterocycles. The number of pyridine rings is 1. The van der Waals surface area contributed by atoms with Gasteiger partial charge in [-0.25, -0.2) is 18.6 Å². The summed E-state index contributed by atoms with van der Waals surface area (Å²) in [6, 6.07) is 4.44. The van der Waals surface area contributed by atoms with E-state index in [-0.39, 0.29) is 25.1 Å². The van der Waals surface area contributed by atoms with Crippen LogP contribution in [0.2, 0.25) is 0 Å². The molecule has 29 heavy (non-hydrogen) atoms. The smallest absolute Gasteiger partial charge is 0.475 e. The first-order valence-corrected chi connectivity index (χ1v) is 8.42. The van der Waals surface area contributed by atoms with Crippen LogP contribution in [0.4, 0.5) is 22.0 Å². The molecule has 1 atom stereocenters. The van der Waals surface area contributed by atoms with Crippen LogP contribution in [0.15, 0.2) is 29.2 Å². The lowest BCUT2D eigenvalue weighted by atomic mass is 10.0. The van der Waals surface area contributed by atoms with Crippen molar-refractivity contribution >= 4 is 11.6 Å². The summed E-state index contributed by atoms with van der Waals surface area (Å²) in [5, 5.41) is 7.12. The van der Waals surface area contributed by atoms with Crippen molar-refractivity contribution in [2.45, 2.75) is 38.0 Å². The lowest BCUT2D eigenvalue weighted by molar-refractivity contribution is -0.192. The third-order valence-electron chi connectivity index (χ3n) is 4.00. The molecule has 3 N–H and O–H groups in total. The number of hydrogen-bond acceptors (Lipinski definition) is 5. The number of alkyl halides is 5. The van der Waals surface area contributed by atoms with Gasteiger partial charge in [0.05, 0.1) is 12.2 Å². The van der Waals surface area contributed by atoms with E-state index in [1.54, 1.807) is 17.2 Å². The fraction of sp³-hybridized carbons (Fsp3) is 0.471. The Bertz CT molecular complexity index is 945. The van der Waals surface area contributed by atoms with Crippen LogP contribution in [0.1, 0.15) is 17.7 Å². The minimum Gasteiger partial charge on any atom is -0.475 e. The Morgan fingerprint density at radius 1 is 1.38 bits per heavy atom. The summed E-state index contributed by atoms with van der Waals surface area (Å²) in [4.78, 5) is 26.9. The van der Waals surface area contributed by atoms with Gasteiger partial charge in [-0.15, -0.1) is 0 Å². The van der Waals surface area contributed by atoms with E-state index in [9.17, 15) is 26.7 Å². The minimum absolute atomic E-state index is 0.197. The Kier molecular flexibility index (Phi) is 6.58. The maximum absolute atomic E-state index is 13.6. The number of aromatic nitrogens is 2. The highest BCUT2D eigenvalue weighted by atomic mass is 19.4. The third-order valence-corrected chi connectivity index (χ3v) is 4.00. The number of hydrogen-bond donors (Lipinski definition) is 2. The molecule has 3 heterocycles. The Balaban J connectivity index is 0.000000370. The summed E-state index contributed by atoms with van der Waals surface area (Å²) in [5.41, 5.74) is 7.42. The van der Waals surface area contributed by atoms with Gasteiger partial charge >= 0.3 is 12.1 Å². The number of fused-ring (bicyclic) bond motifs is 1. The van der Waals surface area contributed by atoms with Gasteiger partial charge in [0.2, 0.25) is 0 Å². The van der Waals surface area contributed by atoms with E-state index >= 15 is 0 Å². The summed E-state index contributed by atoms with van der Waals surface area (Å²) in [6.07, 6.45) is -3.67. The number of carboxylic acids is 1. The van der Waals surface area contributed by atoms with Crippen LogP contribution in [0.3, 0.4) is 0 Å². The fourth-order valence-electron chi connectivity index (χ4n) is 2.92. The zero-order chi connectivity index (χ0) is 22.0. The van der Waals surface area contributed by atoms with E-state index in [4.69, 9.17) is 15.6 Å². The van der Waals surface area contributed by atoms with Crippen molar-refractivity contribution in [2.75, 3.05) is 13.1 Å². The molecule has 2 aromatic rings. The second kappa shape index (κ2) is 8.41. The first-order valence-electron chi connectivity index (χ1n) is 8.42. The molecule has 0 radical (unpaired) electrons. The summed E-state index contributed by atoms with van der Waals surface area (Å²) in [6.45, 7) is 2.11.